The number of aliphatic hydroxyl groups is 2. The number of hydrogen-bond acceptors (Lipinski definition) is 3. The predicted octanol–water partition coefficient (Wildman–Crippen LogP) is 0.973. The van der Waals surface area contributed by atoms with Crippen LogP contribution < -0.4 is 0 Å². The van der Waals surface area contributed by atoms with Crippen molar-refractivity contribution in [3.05, 3.63) is 35.1 Å². The minimum absolute atomic E-state index is 0.518. The zero-order valence-corrected chi connectivity index (χ0v) is 8.40. The van der Waals surface area contributed by atoms with E-state index >= 15 is 0 Å². The highest BCUT2D eigenvalue weighted by Gasteiger charge is 2.28. The normalized spacial score (nSPS) is 14.4. The van der Waals surface area contributed by atoms with Gasteiger partial charge in [-0.05, 0) is 12.1 Å². The van der Waals surface area contributed by atoms with Crippen LogP contribution in [0.1, 0.15) is 18.1 Å². The lowest BCUT2D eigenvalue weighted by Gasteiger charge is -2.17. The monoisotopic (exact) mass is 250 g/mol. The van der Waals surface area contributed by atoms with Gasteiger partial charge in [0, 0.05) is 0 Å². The largest absolute Gasteiger partial charge is 0.481 e. The Labute approximate surface area is 93.9 Å². The number of carboxylic acid groups (broad SMARTS) is 1. The summed E-state index contributed by atoms with van der Waals surface area (Å²) in [4.78, 5) is 10.2. The second-order valence-electron chi connectivity index (χ2n) is 3.37. The molecule has 2 atom stereocenters. The Bertz CT molecular complexity index is 436. The highest BCUT2D eigenvalue weighted by Crippen LogP contribution is 2.26. The van der Waals surface area contributed by atoms with E-state index < -0.39 is 47.6 Å². The number of hydrogen-bond donors (Lipinski definition) is 3. The molecule has 0 radical (unpaired) electrons. The first-order chi connectivity index (χ1) is 7.84. The molecule has 17 heavy (non-hydrogen) atoms. The first kappa shape index (κ1) is 13.5. The maximum atomic E-state index is 13.2. The zero-order valence-electron chi connectivity index (χ0n) is 8.40. The van der Waals surface area contributed by atoms with E-state index in [1.54, 1.807) is 0 Å². The average Bonchev–Trinajstić information content (AvgIpc) is 2.23. The molecule has 94 valence electrons. The van der Waals surface area contributed by atoms with Crippen molar-refractivity contribution in [2.24, 2.45) is 0 Å². The molecule has 7 heteroatoms. The Morgan fingerprint density at radius 1 is 1.18 bits per heavy atom. The van der Waals surface area contributed by atoms with E-state index in [9.17, 15) is 28.2 Å². The summed E-state index contributed by atoms with van der Waals surface area (Å²) in [6.07, 6.45) is -5.00. The van der Waals surface area contributed by atoms with E-state index in [2.05, 4.69) is 0 Å². The molecule has 0 aliphatic heterocycles. The van der Waals surface area contributed by atoms with Crippen molar-refractivity contribution in [2.75, 3.05) is 0 Å². The van der Waals surface area contributed by atoms with Crippen LogP contribution >= 0.6 is 0 Å². The molecule has 0 saturated carbocycles. The van der Waals surface area contributed by atoms with Crippen LogP contribution in [0.2, 0.25) is 0 Å². The molecule has 0 fully saturated rings. The fraction of sp³-hybridized carbons (Fsp3) is 0.300. The average molecular weight is 250 g/mol. The molecule has 2 unspecified atom stereocenters. The SMILES string of the molecule is O=C(O)CC(O)C(O)c1c(F)ccc(F)c1F. The first-order valence-corrected chi connectivity index (χ1v) is 4.56. The van der Waals surface area contributed by atoms with Gasteiger partial charge in [-0.25, -0.2) is 13.2 Å². The molecule has 1 aromatic carbocycles. The molecular formula is C10H9F3O4. The maximum absolute atomic E-state index is 13.2. The van der Waals surface area contributed by atoms with Gasteiger partial charge in [-0.2, -0.15) is 0 Å². The molecule has 4 nitrogen and oxygen atoms in total. The molecule has 0 heterocycles. The van der Waals surface area contributed by atoms with E-state index in [0.29, 0.717) is 12.1 Å². The molecule has 1 rings (SSSR count). The second kappa shape index (κ2) is 5.15. The lowest BCUT2D eigenvalue weighted by Crippen LogP contribution is -2.24. The van der Waals surface area contributed by atoms with Gasteiger partial charge in [-0.1, -0.05) is 0 Å². The summed E-state index contributed by atoms with van der Waals surface area (Å²) in [6, 6.07) is 1.09. The maximum Gasteiger partial charge on any atom is 0.306 e. The Balaban J connectivity index is 3.07. The molecule has 0 aliphatic rings. The van der Waals surface area contributed by atoms with Crippen LogP contribution in [0.5, 0.6) is 0 Å². The van der Waals surface area contributed by atoms with E-state index in [1.165, 1.54) is 0 Å². The third kappa shape index (κ3) is 2.95. The van der Waals surface area contributed by atoms with Crippen LogP contribution in [0.25, 0.3) is 0 Å². The van der Waals surface area contributed by atoms with Crippen molar-refractivity contribution in [1.29, 1.82) is 0 Å². The lowest BCUT2D eigenvalue weighted by molar-refractivity contribution is -0.141. The van der Waals surface area contributed by atoms with Crippen LogP contribution in [-0.2, 0) is 4.79 Å². The molecular weight excluding hydrogens is 241 g/mol. The topological polar surface area (TPSA) is 77.8 Å². The third-order valence-electron chi connectivity index (χ3n) is 2.12. The molecule has 0 saturated heterocycles. The fourth-order valence-corrected chi connectivity index (χ4v) is 1.30. The van der Waals surface area contributed by atoms with Crippen molar-refractivity contribution in [1.82, 2.24) is 0 Å². The molecule has 0 spiro atoms. The van der Waals surface area contributed by atoms with Gasteiger partial charge in [0.15, 0.2) is 11.6 Å². The van der Waals surface area contributed by atoms with Crippen molar-refractivity contribution in [3.63, 3.8) is 0 Å². The van der Waals surface area contributed by atoms with Gasteiger partial charge < -0.3 is 15.3 Å². The van der Waals surface area contributed by atoms with Gasteiger partial charge in [0.25, 0.3) is 0 Å². The Kier molecular flexibility index (Phi) is 4.08. The van der Waals surface area contributed by atoms with Gasteiger partial charge in [0.05, 0.1) is 18.1 Å². The molecule has 0 aromatic heterocycles. The minimum atomic E-state index is -2.15. The number of rotatable bonds is 4. The first-order valence-electron chi connectivity index (χ1n) is 4.56. The summed E-state index contributed by atoms with van der Waals surface area (Å²) in [7, 11) is 0. The third-order valence-corrected chi connectivity index (χ3v) is 2.12. The summed E-state index contributed by atoms with van der Waals surface area (Å²) in [5.41, 5.74) is -1.08. The fourth-order valence-electron chi connectivity index (χ4n) is 1.30. The number of aliphatic carboxylic acids is 1. The summed E-state index contributed by atoms with van der Waals surface area (Å²) in [5.74, 6) is -5.78. The number of aliphatic hydroxyl groups excluding tert-OH is 2. The van der Waals surface area contributed by atoms with Crippen LogP contribution in [0.15, 0.2) is 12.1 Å². The zero-order chi connectivity index (χ0) is 13.2. The predicted molar refractivity (Wildman–Crippen MR) is 49.5 cm³/mol. The molecule has 1 aromatic rings. The van der Waals surface area contributed by atoms with Gasteiger partial charge in [0.2, 0.25) is 0 Å². The molecule has 0 bridgehead atoms. The highest BCUT2D eigenvalue weighted by molar-refractivity contribution is 5.67. The van der Waals surface area contributed by atoms with Gasteiger partial charge in [-0.3, -0.25) is 4.79 Å². The van der Waals surface area contributed by atoms with E-state index in [4.69, 9.17) is 5.11 Å². The smallest absolute Gasteiger partial charge is 0.306 e. The number of halogens is 3. The quantitative estimate of drug-likeness (QED) is 0.696. The molecule has 3 N–H and O–H groups in total. The Morgan fingerprint density at radius 2 is 1.71 bits per heavy atom. The van der Waals surface area contributed by atoms with E-state index in [1.807, 2.05) is 0 Å². The van der Waals surface area contributed by atoms with Crippen LogP contribution in [0.4, 0.5) is 13.2 Å². The Morgan fingerprint density at radius 3 is 2.24 bits per heavy atom. The Hall–Kier alpha value is -1.60. The van der Waals surface area contributed by atoms with Crippen LogP contribution in [0, 0.1) is 17.5 Å². The van der Waals surface area contributed by atoms with Crippen molar-refractivity contribution < 1.29 is 33.3 Å². The number of carboxylic acids is 1. The lowest BCUT2D eigenvalue weighted by atomic mass is 10.0. The number of benzene rings is 1. The van der Waals surface area contributed by atoms with Crippen molar-refractivity contribution in [3.8, 4) is 0 Å². The van der Waals surface area contributed by atoms with Gasteiger partial charge >= 0.3 is 5.97 Å². The molecule has 0 amide bonds. The number of carbonyl (C=O) groups is 1. The minimum Gasteiger partial charge on any atom is -0.481 e. The molecule has 0 aliphatic carbocycles. The summed E-state index contributed by atoms with van der Waals surface area (Å²) in [5, 5.41) is 26.9. The summed E-state index contributed by atoms with van der Waals surface area (Å²) >= 11 is 0. The van der Waals surface area contributed by atoms with Crippen LogP contribution in [-0.4, -0.2) is 27.4 Å². The van der Waals surface area contributed by atoms with E-state index in [-0.39, 0.29) is 0 Å². The highest BCUT2D eigenvalue weighted by atomic mass is 19.2. The summed E-state index contributed by atoms with van der Waals surface area (Å²) in [6.45, 7) is 0. The standard InChI is InChI=1S/C10H9F3O4/c11-4-1-2-5(12)9(13)8(4)10(17)6(14)3-7(15)16/h1-2,6,10,14,17H,3H2,(H,15,16). The van der Waals surface area contributed by atoms with E-state index in [0.717, 1.165) is 0 Å². The van der Waals surface area contributed by atoms with Gasteiger partial charge in [-0.15, -0.1) is 0 Å². The van der Waals surface area contributed by atoms with Gasteiger partial charge in [0.1, 0.15) is 11.9 Å². The van der Waals surface area contributed by atoms with Crippen molar-refractivity contribution in [2.45, 2.75) is 18.6 Å². The van der Waals surface area contributed by atoms with Crippen LogP contribution in [0.3, 0.4) is 0 Å². The second-order valence-corrected chi connectivity index (χ2v) is 3.37. The van der Waals surface area contributed by atoms with Crippen molar-refractivity contribution >= 4 is 5.97 Å². The summed E-state index contributed by atoms with van der Waals surface area (Å²) < 4.78 is 39.1.